The van der Waals surface area contributed by atoms with Crippen molar-refractivity contribution >= 4 is 17.7 Å². The number of rotatable bonds is 3. The summed E-state index contributed by atoms with van der Waals surface area (Å²) in [4.78, 5) is 51.1. The Balaban J connectivity index is 1.44. The number of imidazole rings is 1. The van der Waals surface area contributed by atoms with Crippen LogP contribution in [0.2, 0.25) is 0 Å². The number of piperidine rings is 1. The van der Waals surface area contributed by atoms with Crippen LogP contribution in [0.5, 0.6) is 0 Å². The molecule has 9 nitrogen and oxygen atoms in total. The first kappa shape index (κ1) is 18.2. The lowest BCUT2D eigenvalue weighted by molar-refractivity contribution is -0.136. The molecular weight excluding hydrogens is 384 g/mol. The van der Waals surface area contributed by atoms with E-state index in [2.05, 4.69) is 20.3 Å². The van der Waals surface area contributed by atoms with E-state index in [1.165, 1.54) is 0 Å². The van der Waals surface area contributed by atoms with E-state index in [4.69, 9.17) is 0 Å². The minimum Gasteiger partial charge on any atom is -0.332 e. The van der Waals surface area contributed by atoms with E-state index >= 15 is 0 Å². The molecular formula is C21H18N6O3. The molecule has 3 amide bonds. The van der Waals surface area contributed by atoms with Gasteiger partial charge in [-0.05, 0) is 24.1 Å². The van der Waals surface area contributed by atoms with E-state index in [0.717, 1.165) is 16.8 Å². The third-order valence-electron chi connectivity index (χ3n) is 5.49. The Hall–Kier alpha value is -3.88. The fourth-order valence-electron chi connectivity index (χ4n) is 3.99. The molecule has 0 aliphatic carbocycles. The lowest BCUT2D eigenvalue weighted by atomic mass is 10.0. The van der Waals surface area contributed by atoms with Crippen LogP contribution in [0.4, 0.5) is 0 Å². The van der Waals surface area contributed by atoms with E-state index in [0.29, 0.717) is 30.0 Å². The van der Waals surface area contributed by atoms with E-state index in [-0.39, 0.29) is 18.2 Å². The second-order valence-corrected chi connectivity index (χ2v) is 7.42. The number of nitrogens with one attached hydrogen (secondary N) is 1. The summed E-state index contributed by atoms with van der Waals surface area (Å²) in [6.07, 6.45) is 7.37. The van der Waals surface area contributed by atoms with E-state index in [1.54, 1.807) is 29.6 Å². The molecule has 0 saturated carbocycles. The minimum absolute atomic E-state index is 0.188. The smallest absolute Gasteiger partial charge is 0.255 e. The SMILES string of the molecule is Cn1cc(-c2ccc3c(c2)CN(C2CCC(=O)NC2=O)C3=O)nc1-c1cnccn1. The van der Waals surface area contributed by atoms with Gasteiger partial charge in [0.2, 0.25) is 11.8 Å². The van der Waals surface area contributed by atoms with Gasteiger partial charge in [-0.3, -0.25) is 24.7 Å². The molecule has 1 saturated heterocycles. The summed E-state index contributed by atoms with van der Waals surface area (Å²) >= 11 is 0. The maximum atomic E-state index is 12.8. The van der Waals surface area contributed by atoms with Gasteiger partial charge in [-0.2, -0.15) is 0 Å². The average Bonchev–Trinajstić information content (AvgIpc) is 3.29. The zero-order valence-corrected chi connectivity index (χ0v) is 16.2. The number of hydrogen-bond acceptors (Lipinski definition) is 6. The predicted octanol–water partition coefficient (Wildman–Crippen LogP) is 1.31. The highest BCUT2D eigenvalue weighted by Crippen LogP contribution is 2.31. The van der Waals surface area contributed by atoms with E-state index in [1.807, 2.05) is 29.9 Å². The zero-order valence-electron chi connectivity index (χ0n) is 16.2. The molecule has 0 radical (unpaired) electrons. The van der Waals surface area contributed by atoms with Gasteiger partial charge in [0.15, 0.2) is 5.82 Å². The summed E-state index contributed by atoms with van der Waals surface area (Å²) in [7, 11) is 1.89. The number of imide groups is 1. The van der Waals surface area contributed by atoms with Gasteiger partial charge in [0.05, 0.1) is 11.9 Å². The fraction of sp³-hybridized carbons (Fsp3) is 0.238. The monoisotopic (exact) mass is 402 g/mol. The molecule has 4 heterocycles. The highest BCUT2D eigenvalue weighted by atomic mass is 16.2. The van der Waals surface area contributed by atoms with Crippen molar-refractivity contribution in [2.24, 2.45) is 7.05 Å². The van der Waals surface area contributed by atoms with Crippen LogP contribution in [0.1, 0.15) is 28.8 Å². The Bertz CT molecular complexity index is 1190. The van der Waals surface area contributed by atoms with Crippen molar-refractivity contribution in [2.75, 3.05) is 0 Å². The first-order valence-corrected chi connectivity index (χ1v) is 9.59. The Morgan fingerprint density at radius 3 is 2.77 bits per heavy atom. The van der Waals surface area contributed by atoms with Gasteiger partial charge in [-0.25, -0.2) is 9.97 Å². The Labute approximate surface area is 171 Å². The maximum absolute atomic E-state index is 12.8. The van der Waals surface area contributed by atoms with Crippen molar-refractivity contribution < 1.29 is 14.4 Å². The molecule has 1 unspecified atom stereocenters. The van der Waals surface area contributed by atoms with Crippen LogP contribution >= 0.6 is 0 Å². The molecule has 1 aromatic carbocycles. The van der Waals surface area contributed by atoms with Gasteiger partial charge < -0.3 is 9.47 Å². The van der Waals surface area contributed by atoms with Crippen molar-refractivity contribution in [3.05, 3.63) is 54.1 Å². The summed E-state index contributed by atoms with van der Waals surface area (Å²) in [6, 6.07) is 4.94. The summed E-state index contributed by atoms with van der Waals surface area (Å²) in [5, 5.41) is 2.32. The molecule has 3 aromatic rings. The van der Waals surface area contributed by atoms with E-state index < -0.39 is 11.9 Å². The second-order valence-electron chi connectivity index (χ2n) is 7.42. The number of amides is 3. The molecule has 5 rings (SSSR count). The topological polar surface area (TPSA) is 110 Å². The van der Waals surface area contributed by atoms with Crippen molar-refractivity contribution in [3.63, 3.8) is 0 Å². The van der Waals surface area contributed by atoms with Gasteiger partial charge in [0, 0.05) is 49.7 Å². The van der Waals surface area contributed by atoms with Gasteiger partial charge in [0.25, 0.3) is 5.91 Å². The lowest BCUT2D eigenvalue weighted by Crippen LogP contribution is -2.52. The third kappa shape index (κ3) is 2.95. The number of fused-ring (bicyclic) bond motifs is 1. The molecule has 1 atom stereocenters. The van der Waals surface area contributed by atoms with Crippen LogP contribution in [0.3, 0.4) is 0 Å². The number of nitrogens with zero attached hydrogens (tertiary/aromatic N) is 5. The fourth-order valence-corrected chi connectivity index (χ4v) is 3.99. The minimum atomic E-state index is -0.621. The highest BCUT2D eigenvalue weighted by molar-refractivity contribution is 6.05. The summed E-state index contributed by atoms with van der Waals surface area (Å²) in [5.41, 5.74) is 3.72. The Morgan fingerprint density at radius 2 is 2.00 bits per heavy atom. The average molecular weight is 402 g/mol. The first-order valence-electron chi connectivity index (χ1n) is 9.59. The number of aryl methyl sites for hydroxylation is 1. The molecule has 1 fully saturated rings. The molecule has 2 aliphatic rings. The van der Waals surface area contributed by atoms with E-state index in [9.17, 15) is 14.4 Å². The molecule has 30 heavy (non-hydrogen) atoms. The van der Waals surface area contributed by atoms with Crippen LogP contribution in [-0.2, 0) is 23.2 Å². The molecule has 2 aliphatic heterocycles. The van der Waals surface area contributed by atoms with Crippen molar-refractivity contribution in [1.82, 2.24) is 29.7 Å². The second kappa shape index (κ2) is 6.87. The first-order chi connectivity index (χ1) is 14.5. The Morgan fingerprint density at radius 1 is 1.13 bits per heavy atom. The quantitative estimate of drug-likeness (QED) is 0.662. The van der Waals surface area contributed by atoms with Gasteiger partial charge >= 0.3 is 0 Å². The number of benzene rings is 1. The van der Waals surface area contributed by atoms with Crippen LogP contribution in [0.25, 0.3) is 22.8 Å². The van der Waals surface area contributed by atoms with Crippen LogP contribution < -0.4 is 5.32 Å². The number of carbonyl (C=O) groups excluding carboxylic acids is 3. The number of aromatic nitrogens is 4. The van der Waals surface area contributed by atoms with Gasteiger partial charge in [0.1, 0.15) is 11.7 Å². The van der Waals surface area contributed by atoms with Crippen LogP contribution in [0, 0.1) is 0 Å². The van der Waals surface area contributed by atoms with Gasteiger partial charge in [-0.1, -0.05) is 6.07 Å². The third-order valence-corrected chi connectivity index (χ3v) is 5.49. The molecule has 1 N–H and O–H groups in total. The predicted molar refractivity (Wildman–Crippen MR) is 106 cm³/mol. The van der Waals surface area contributed by atoms with Crippen LogP contribution in [-0.4, -0.2) is 48.2 Å². The van der Waals surface area contributed by atoms with Crippen molar-refractivity contribution in [1.29, 1.82) is 0 Å². The normalized spacial score (nSPS) is 18.5. The molecule has 0 spiro atoms. The van der Waals surface area contributed by atoms with Gasteiger partial charge in [-0.15, -0.1) is 0 Å². The van der Waals surface area contributed by atoms with Crippen LogP contribution in [0.15, 0.2) is 43.0 Å². The highest BCUT2D eigenvalue weighted by Gasteiger charge is 2.39. The lowest BCUT2D eigenvalue weighted by Gasteiger charge is -2.29. The van der Waals surface area contributed by atoms with Crippen molar-refractivity contribution in [3.8, 4) is 22.8 Å². The largest absolute Gasteiger partial charge is 0.332 e. The number of carbonyl (C=O) groups is 3. The standard InChI is InChI=1S/C21H18N6O3/c1-26-11-16(24-19(26)15-9-22-6-7-23-15)12-2-3-14-13(8-12)10-27(21(14)30)17-4-5-18(28)25-20(17)29/h2-3,6-9,11,17H,4-5,10H2,1H3,(H,25,28,29). The Kier molecular flexibility index (Phi) is 4.16. The summed E-state index contributed by atoms with van der Waals surface area (Å²) < 4.78 is 1.88. The zero-order chi connectivity index (χ0) is 20.8. The summed E-state index contributed by atoms with van der Waals surface area (Å²) in [5.74, 6) is -0.199. The molecule has 2 aromatic heterocycles. The molecule has 150 valence electrons. The molecule has 0 bridgehead atoms. The molecule has 9 heteroatoms. The summed E-state index contributed by atoms with van der Waals surface area (Å²) in [6.45, 7) is 0.331. The maximum Gasteiger partial charge on any atom is 0.255 e. The van der Waals surface area contributed by atoms with Crippen molar-refractivity contribution in [2.45, 2.75) is 25.4 Å². The number of hydrogen-bond donors (Lipinski definition) is 1.